The van der Waals surface area contributed by atoms with Crippen molar-refractivity contribution in [3.8, 4) is 0 Å². The van der Waals surface area contributed by atoms with Crippen molar-refractivity contribution < 1.29 is 4.79 Å². The Morgan fingerprint density at radius 2 is 2.17 bits per heavy atom. The Labute approximate surface area is 118 Å². The number of benzene rings is 1. The molecular weight excluding hydrogens is 268 g/mol. The summed E-state index contributed by atoms with van der Waals surface area (Å²) in [6.45, 7) is 5.54. The summed E-state index contributed by atoms with van der Waals surface area (Å²) in [4.78, 5) is 12.5. The summed E-state index contributed by atoms with van der Waals surface area (Å²) in [5.41, 5.74) is 6.28. The van der Waals surface area contributed by atoms with Crippen LogP contribution in [0, 0.1) is 6.92 Å². The van der Waals surface area contributed by atoms with Crippen molar-refractivity contribution in [3.63, 3.8) is 0 Å². The first-order valence-corrected chi connectivity index (χ1v) is 6.48. The maximum Gasteiger partial charge on any atom is 0.252 e. The Balaban J connectivity index is 3.02. The second-order valence-corrected chi connectivity index (χ2v) is 5.26. The number of nitrogens with one attached hydrogen (secondary N) is 1. The molecule has 0 bridgehead atoms. The average molecular weight is 285 g/mol. The van der Waals surface area contributed by atoms with Crippen LogP contribution in [0.5, 0.6) is 0 Å². The fourth-order valence-corrected chi connectivity index (χ4v) is 1.87. The van der Waals surface area contributed by atoms with Gasteiger partial charge in [-0.2, -0.15) is 0 Å². The lowest BCUT2D eigenvalue weighted by molar-refractivity contribution is 0.0926. The molecule has 0 aliphatic heterocycles. The average Bonchev–Trinajstić information content (AvgIpc) is 2.32. The molecule has 0 aliphatic rings. The van der Waals surface area contributed by atoms with Gasteiger partial charge in [0.25, 0.3) is 5.91 Å². The zero-order valence-corrected chi connectivity index (χ0v) is 12.3. The van der Waals surface area contributed by atoms with Gasteiger partial charge in [-0.3, -0.25) is 4.79 Å². The highest BCUT2D eigenvalue weighted by Crippen LogP contribution is 2.20. The van der Waals surface area contributed by atoms with Crippen molar-refractivity contribution in [2.24, 2.45) is 5.73 Å². The number of thiocarbonyl (C=S) groups is 1. The van der Waals surface area contributed by atoms with Crippen LogP contribution in [0.4, 0.5) is 0 Å². The molecule has 5 heteroatoms. The lowest BCUT2D eigenvalue weighted by Crippen LogP contribution is -2.54. The molecule has 1 amide bonds. The normalized spacial score (nSPS) is 13.8. The molecule has 0 radical (unpaired) electrons. The van der Waals surface area contributed by atoms with Crippen molar-refractivity contribution in [3.05, 3.63) is 34.3 Å². The molecule has 1 aromatic carbocycles. The third-order valence-electron chi connectivity index (χ3n) is 3.15. The monoisotopic (exact) mass is 284 g/mol. The lowest BCUT2D eigenvalue weighted by atomic mass is 9.97. The van der Waals surface area contributed by atoms with Crippen LogP contribution in [0.25, 0.3) is 0 Å². The summed E-state index contributed by atoms with van der Waals surface area (Å²) >= 11 is 11.0. The zero-order chi connectivity index (χ0) is 13.9. The number of carbonyl (C=O) groups excluding carboxylic acids is 1. The highest BCUT2D eigenvalue weighted by atomic mass is 35.5. The molecule has 1 unspecified atom stereocenters. The van der Waals surface area contributed by atoms with E-state index in [1.165, 1.54) is 0 Å². The highest BCUT2D eigenvalue weighted by molar-refractivity contribution is 7.80. The van der Waals surface area contributed by atoms with Crippen molar-refractivity contribution in [1.82, 2.24) is 5.32 Å². The molecular formula is C13H17ClN2OS. The SMILES string of the molecule is CCC(C)(NC(=O)c1cccc(Cl)c1C)C(N)=S. The van der Waals surface area contributed by atoms with E-state index in [0.29, 0.717) is 17.0 Å². The molecule has 0 aliphatic carbocycles. The molecule has 3 nitrogen and oxygen atoms in total. The van der Waals surface area contributed by atoms with E-state index < -0.39 is 5.54 Å². The Kier molecular flexibility index (Phi) is 4.71. The van der Waals surface area contributed by atoms with Gasteiger partial charge in [0.2, 0.25) is 0 Å². The van der Waals surface area contributed by atoms with Crippen molar-refractivity contribution >= 4 is 34.7 Å². The summed E-state index contributed by atoms with van der Waals surface area (Å²) in [5.74, 6) is -0.216. The largest absolute Gasteiger partial charge is 0.391 e. The quantitative estimate of drug-likeness (QED) is 0.836. The van der Waals surface area contributed by atoms with E-state index in [9.17, 15) is 4.79 Å². The standard InChI is InChI=1S/C13H17ClN2OS/c1-4-13(3,12(15)18)16-11(17)9-6-5-7-10(14)8(9)2/h5-7H,4H2,1-3H3,(H2,15,18)(H,16,17). The second-order valence-electron chi connectivity index (χ2n) is 4.42. The van der Waals surface area contributed by atoms with E-state index in [0.717, 1.165) is 5.56 Å². The number of nitrogens with two attached hydrogens (primary N) is 1. The molecule has 1 atom stereocenters. The summed E-state index contributed by atoms with van der Waals surface area (Å²) < 4.78 is 0. The van der Waals surface area contributed by atoms with Crippen LogP contribution in [0.15, 0.2) is 18.2 Å². The van der Waals surface area contributed by atoms with E-state index in [-0.39, 0.29) is 10.9 Å². The van der Waals surface area contributed by atoms with E-state index in [1.54, 1.807) is 25.1 Å². The fourth-order valence-electron chi connectivity index (χ4n) is 1.50. The molecule has 0 heterocycles. The number of hydrogen-bond donors (Lipinski definition) is 2. The van der Waals surface area contributed by atoms with Crippen molar-refractivity contribution in [2.45, 2.75) is 32.7 Å². The predicted molar refractivity (Wildman–Crippen MR) is 79.1 cm³/mol. The number of halogens is 1. The van der Waals surface area contributed by atoms with E-state index >= 15 is 0 Å². The number of amides is 1. The molecule has 18 heavy (non-hydrogen) atoms. The van der Waals surface area contributed by atoms with E-state index in [2.05, 4.69) is 5.32 Å². The van der Waals surface area contributed by atoms with Gasteiger partial charge in [-0.1, -0.05) is 36.8 Å². The maximum absolute atomic E-state index is 12.2. The van der Waals surface area contributed by atoms with Crippen LogP contribution in [0.3, 0.4) is 0 Å². The molecule has 98 valence electrons. The van der Waals surface area contributed by atoms with Gasteiger partial charge in [0.1, 0.15) is 0 Å². The van der Waals surface area contributed by atoms with Gasteiger partial charge in [-0.15, -0.1) is 0 Å². The molecule has 0 saturated carbocycles. The number of rotatable bonds is 4. The third kappa shape index (κ3) is 3.00. The highest BCUT2D eigenvalue weighted by Gasteiger charge is 2.28. The first-order chi connectivity index (χ1) is 8.31. The van der Waals surface area contributed by atoms with Gasteiger partial charge in [0.05, 0.1) is 10.5 Å². The molecule has 0 fully saturated rings. The summed E-state index contributed by atoms with van der Waals surface area (Å²) in [7, 11) is 0. The lowest BCUT2D eigenvalue weighted by Gasteiger charge is -2.28. The van der Waals surface area contributed by atoms with Crippen LogP contribution in [0.1, 0.15) is 36.2 Å². The number of carbonyl (C=O) groups is 1. The molecule has 0 aromatic heterocycles. The first-order valence-electron chi connectivity index (χ1n) is 5.69. The third-order valence-corrected chi connectivity index (χ3v) is 4.01. The Hall–Kier alpha value is -1.13. The summed E-state index contributed by atoms with van der Waals surface area (Å²) in [6, 6.07) is 5.22. The topological polar surface area (TPSA) is 55.1 Å². The van der Waals surface area contributed by atoms with Crippen LogP contribution in [0.2, 0.25) is 5.02 Å². The second kappa shape index (κ2) is 5.67. The van der Waals surface area contributed by atoms with E-state index in [1.807, 2.05) is 13.8 Å². The molecule has 1 rings (SSSR count). The minimum absolute atomic E-state index is 0.216. The molecule has 0 saturated heterocycles. The fraction of sp³-hybridized carbons (Fsp3) is 0.385. The van der Waals surface area contributed by atoms with Gasteiger partial charge in [-0.25, -0.2) is 0 Å². The Morgan fingerprint density at radius 3 is 2.67 bits per heavy atom. The Bertz CT molecular complexity index is 490. The van der Waals surface area contributed by atoms with Gasteiger partial charge in [0, 0.05) is 10.6 Å². The predicted octanol–water partition coefficient (Wildman–Crippen LogP) is 2.83. The smallest absolute Gasteiger partial charge is 0.252 e. The van der Waals surface area contributed by atoms with Gasteiger partial charge < -0.3 is 11.1 Å². The van der Waals surface area contributed by atoms with Crippen molar-refractivity contribution in [2.75, 3.05) is 0 Å². The van der Waals surface area contributed by atoms with E-state index in [4.69, 9.17) is 29.6 Å². The molecule has 1 aromatic rings. The van der Waals surface area contributed by atoms with Crippen LogP contribution in [-0.2, 0) is 0 Å². The minimum atomic E-state index is -0.679. The summed E-state index contributed by atoms with van der Waals surface area (Å²) in [6.07, 6.45) is 0.633. The van der Waals surface area contributed by atoms with Crippen LogP contribution >= 0.6 is 23.8 Å². The summed E-state index contributed by atoms with van der Waals surface area (Å²) in [5, 5.41) is 3.43. The first kappa shape index (κ1) is 14.9. The van der Waals surface area contributed by atoms with Gasteiger partial charge in [-0.05, 0) is 38.0 Å². The van der Waals surface area contributed by atoms with Crippen LogP contribution < -0.4 is 11.1 Å². The van der Waals surface area contributed by atoms with Crippen molar-refractivity contribution in [1.29, 1.82) is 0 Å². The number of hydrogen-bond acceptors (Lipinski definition) is 2. The molecule has 3 N–H and O–H groups in total. The van der Waals surface area contributed by atoms with Crippen LogP contribution in [-0.4, -0.2) is 16.4 Å². The van der Waals surface area contributed by atoms with Gasteiger partial charge >= 0.3 is 0 Å². The Morgan fingerprint density at radius 1 is 1.56 bits per heavy atom. The maximum atomic E-state index is 12.2. The van der Waals surface area contributed by atoms with Gasteiger partial charge in [0.15, 0.2) is 0 Å². The molecule has 0 spiro atoms. The zero-order valence-electron chi connectivity index (χ0n) is 10.7. The minimum Gasteiger partial charge on any atom is -0.391 e.